The van der Waals surface area contributed by atoms with Gasteiger partial charge in [0.05, 0.1) is 6.33 Å². The molecule has 1 aliphatic heterocycles. The van der Waals surface area contributed by atoms with Gasteiger partial charge in [0, 0.05) is 26.2 Å². The molecule has 19 heavy (non-hydrogen) atoms. The minimum atomic E-state index is -3.59. The zero-order valence-electron chi connectivity index (χ0n) is 11.6. The van der Waals surface area contributed by atoms with Crippen molar-refractivity contribution in [3.05, 3.63) is 6.33 Å². The minimum absolute atomic E-state index is 0.0623. The fourth-order valence-corrected chi connectivity index (χ4v) is 4.43. The lowest BCUT2D eigenvalue weighted by Gasteiger charge is -2.27. The predicted molar refractivity (Wildman–Crippen MR) is 73.1 cm³/mol. The third-order valence-corrected chi connectivity index (χ3v) is 5.59. The van der Waals surface area contributed by atoms with Gasteiger partial charge in [0.1, 0.15) is 0 Å². The van der Waals surface area contributed by atoms with Gasteiger partial charge in [0.25, 0.3) is 10.0 Å². The molecule has 108 valence electrons. The van der Waals surface area contributed by atoms with Gasteiger partial charge in [-0.2, -0.15) is 4.31 Å². The van der Waals surface area contributed by atoms with E-state index in [4.69, 9.17) is 5.73 Å². The van der Waals surface area contributed by atoms with Crippen LogP contribution in [0.25, 0.3) is 0 Å². The maximum absolute atomic E-state index is 12.7. The Hall–Kier alpha value is -1.12. The Morgan fingerprint density at radius 3 is 2.63 bits per heavy atom. The number of hydrogen-bond acceptors (Lipinski definition) is 5. The molecule has 0 aliphatic carbocycles. The van der Waals surface area contributed by atoms with Crippen molar-refractivity contribution in [1.82, 2.24) is 18.8 Å². The third-order valence-electron chi connectivity index (χ3n) is 3.45. The van der Waals surface area contributed by atoms with Crippen LogP contribution in [0.1, 0.15) is 13.3 Å². The second kappa shape index (κ2) is 5.10. The van der Waals surface area contributed by atoms with Gasteiger partial charge in [0.15, 0.2) is 10.8 Å². The third kappa shape index (κ3) is 2.60. The molecule has 1 aliphatic rings. The number of aryl methyl sites for hydroxylation is 1. The molecule has 0 aromatic carbocycles. The number of aromatic nitrogens is 2. The summed E-state index contributed by atoms with van der Waals surface area (Å²) in [7, 11) is 0.0549. The van der Waals surface area contributed by atoms with Crippen molar-refractivity contribution < 1.29 is 8.42 Å². The van der Waals surface area contributed by atoms with Crippen LogP contribution < -0.4 is 5.73 Å². The van der Waals surface area contributed by atoms with Crippen molar-refractivity contribution in [1.29, 1.82) is 0 Å². The van der Waals surface area contributed by atoms with Crippen LogP contribution in [-0.2, 0) is 17.1 Å². The fourth-order valence-electron chi connectivity index (χ4n) is 2.57. The lowest BCUT2D eigenvalue weighted by molar-refractivity contribution is 0.290. The van der Waals surface area contributed by atoms with Gasteiger partial charge in [-0.3, -0.25) is 0 Å². The zero-order chi connectivity index (χ0) is 14.2. The van der Waals surface area contributed by atoms with Crippen LogP contribution >= 0.6 is 0 Å². The normalized spacial score (nSPS) is 23.4. The van der Waals surface area contributed by atoms with Crippen LogP contribution in [0.15, 0.2) is 11.4 Å². The molecule has 7 nitrogen and oxygen atoms in total. The predicted octanol–water partition coefficient (Wildman–Crippen LogP) is -0.283. The molecule has 1 atom stereocenters. The lowest BCUT2D eigenvalue weighted by Crippen LogP contribution is -2.42. The second-order valence-electron chi connectivity index (χ2n) is 5.13. The van der Waals surface area contributed by atoms with Crippen molar-refractivity contribution in [3.63, 3.8) is 0 Å². The first-order valence-corrected chi connectivity index (χ1v) is 7.75. The highest BCUT2D eigenvalue weighted by atomic mass is 32.2. The summed E-state index contributed by atoms with van der Waals surface area (Å²) in [6.07, 6.45) is 2.24. The summed E-state index contributed by atoms with van der Waals surface area (Å²) in [6.45, 7) is 4.05. The Labute approximate surface area is 114 Å². The number of nitrogens with zero attached hydrogens (tertiary/aromatic N) is 4. The first kappa shape index (κ1) is 14.3. The SMILES string of the molecule is CC1CN(C)CCCN1S(=O)(=O)c1c(N)ncn1C. The molecule has 8 heteroatoms. The number of nitrogen functional groups attached to an aromatic ring is 1. The molecular weight excluding hydrogens is 266 g/mol. The Morgan fingerprint density at radius 2 is 2.05 bits per heavy atom. The summed E-state index contributed by atoms with van der Waals surface area (Å²) in [5.74, 6) is 0.0623. The highest BCUT2D eigenvalue weighted by Gasteiger charge is 2.34. The van der Waals surface area contributed by atoms with Crippen molar-refractivity contribution >= 4 is 15.8 Å². The van der Waals surface area contributed by atoms with Crippen molar-refractivity contribution in [2.45, 2.75) is 24.4 Å². The standard InChI is InChI=1S/C11H21N5O2S/c1-9-7-14(2)5-4-6-16(9)19(17,18)11-10(12)13-8-15(11)3/h8-9H,4-7,12H2,1-3H3. The minimum Gasteiger partial charge on any atom is -0.381 e. The van der Waals surface area contributed by atoms with E-state index < -0.39 is 10.0 Å². The summed E-state index contributed by atoms with van der Waals surface area (Å²) < 4.78 is 28.4. The summed E-state index contributed by atoms with van der Waals surface area (Å²) in [5, 5.41) is 0.0869. The van der Waals surface area contributed by atoms with E-state index in [2.05, 4.69) is 9.88 Å². The van der Waals surface area contributed by atoms with Crippen molar-refractivity contribution in [2.24, 2.45) is 7.05 Å². The van der Waals surface area contributed by atoms with Gasteiger partial charge < -0.3 is 15.2 Å². The maximum atomic E-state index is 12.7. The van der Waals surface area contributed by atoms with Crippen molar-refractivity contribution in [2.75, 3.05) is 32.4 Å². The summed E-state index contributed by atoms with van der Waals surface area (Å²) in [5.41, 5.74) is 5.70. The van der Waals surface area contributed by atoms with Crippen LogP contribution in [0.3, 0.4) is 0 Å². The number of hydrogen-bond donors (Lipinski definition) is 1. The monoisotopic (exact) mass is 287 g/mol. The molecule has 0 radical (unpaired) electrons. The number of imidazole rings is 1. The average molecular weight is 287 g/mol. The summed E-state index contributed by atoms with van der Waals surface area (Å²) in [4.78, 5) is 6.01. The van der Waals surface area contributed by atoms with Gasteiger partial charge in [-0.15, -0.1) is 0 Å². The molecule has 2 rings (SSSR count). The van der Waals surface area contributed by atoms with E-state index in [0.717, 1.165) is 19.5 Å². The van der Waals surface area contributed by atoms with E-state index in [1.807, 2.05) is 14.0 Å². The highest BCUT2D eigenvalue weighted by Crippen LogP contribution is 2.24. The van der Waals surface area contributed by atoms with Crippen LogP contribution in [0, 0.1) is 0 Å². The molecule has 1 unspecified atom stereocenters. The van der Waals surface area contributed by atoms with Crippen molar-refractivity contribution in [3.8, 4) is 0 Å². The van der Waals surface area contributed by atoms with Gasteiger partial charge in [-0.05, 0) is 26.9 Å². The smallest absolute Gasteiger partial charge is 0.262 e. The molecule has 0 saturated carbocycles. The average Bonchev–Trinajstić information content (AvgIpc) is 2.53. The maximum Gasteiger partial charge on any atom is 0.262 e. The van der Waals surface area contributed by atoms with E-state index in [0.29, 0.717) is 6.54 Å². The largest absolute Gasteiger partial charge is 0.381 e. The molecule has 2 N–H and O–H groups in total. The summed E-state index contributed by atoms with van der Waals surface area (Å²) >= 11 is 0. The Bertz CT molecular complexity index is 534. The number of sulfonamides is 1. The molecule has 1 aromatic rings. The quantitative estimate of drug-likeness (QED) is 0.808. The van der Waals surface area contributed by atoms with E-state index in [-0.39, 0.29) is 16.9 Å². The Morgan fingerprint density at radius 1 is 1.37 bits per heavy atom. The van der Waals surface area contributed by atoms with Crippen LogP contribution in [0.5, 0.6) is 0 Å². The highest BCUT2D eigenvalue weighted by molar-refractivity contribution is 7.89. The van der Waals surface area contributed by atoms with Gasteiger partial charge in [-0.1, -0.05) is 0 Å². The summed E-state index contributed by atoms with van der Waals surface area (Å²) in [6, 6.07) is -0.0770. The Kier molecular flexibility index (Phi) is 3.84. The van der Waals surface area contributed by atoms with Crippen LogP contribution in [0.4, 0.5) is 5.82 Å². The fraction of sp³-hybridized carbons (Fsp3) is 0.727. The van der Waals surface area contributed by atoms with Gasteiger partial charge in [0.2, 0.25) is 0 Å². The molecule has 1 aromatic heterocycles. The molecular formula is C11H21N5O2S. The molecule has 0 amide bonds. The Balaban J connectivity index is 2.39. The van der Waals surface area contributed by atoms with Gasteiger partial charge in [-0.25, -0.2) is 13.4 Å². The van der Waals surface area contributed by atoms with Gasteiger partial charge >= 0.3 is 0 Å². The van der Waals surface area contributed by atoms with E-state index >= 15 is 0 Å². The van der Waals surface area contributed by atoms with E-state index in [9.17, 15) is 8.42 Å². The van der Waals surface area contributed by atoms with Crippen LogP contribution in [0.2, 0.25) is 0 Å². The molecule has 0 bridgehead atoms. The molecule has 1 saturated heterocycles. The number of nitrogens with two attached hydrogens (primary N) is 1. The van der Waals surface area contributed by atoms with Crippen LogP contribution in [-0.4, -0.2) is 59.9 Å². The number of anilines is 1. The topological polar surface area (TPSA) is 84.5 Å². The second-order valence-corrected chi connectivity index (χ2v) is 6.93. The number of rotatable bonds is 2. The molecule has 2 heterocycles. The molecule has 0 spiro atoms. The van der Waals surface area contributed by atoms with E-state index in [1.165, 1.54) is 15.2 Å². The molecule has 1 fully saturated rings. The van der Waals surface area contributed by atoms with E-state index in [1.54, 1.807) is 7.05 Å². The number of likely N-dealkylation sites (N-methyl/N-ethyl adjacent to an activating group) is 1. The first-order chi connectivity index (χ1) is 8.84. The first-order valence-electron chi connectivity index (χ1n) is 6.31. The lowest BCUT2D eigenvalue weighted by atomic mass is 10.3. The zero-order valence-corrected chi connectivity index (χ0v) is 12.4.